The number of aliphatic hydroxyl groups is 1. The highest BCUT2D eigenvalue weighted by molar-refractivity contribution is 6.32. The maximum atomic E-state index is 8.92. The van der Waals surface area contributed by atoms with E-state index in [0.717, 1.165) is 16.8 Å². The van der Waals surface area contributed by atoms with Gasteiger partial charge in [-0.15, -0.1) is 0 Å². The number of hydrogen-bond donors (Lipinski definition) is 1. The molecule has 0 aliphatic heterocycles. The largest absolute Gasteiger partial charge is 0.392 e. The van der Waals surface area contributed by atoms with Crippen LogP contribution in [0.5, 0.6) is 0 Å². The SMILES string of the molecule is Cc1cn2cc(CO)cc2c(Cl)n1. The third kappa shape index (κ3) is 1.41. The summed E-state index contributed by atoms with van der Waals surface area (Å²) in [5, 5.41) is 9.39. The molecule has 0 atom stereocenters. The molecule has 4 heteroatoms. The van der Waals surface area contributed by atoms with Crippen molar-refractivity contribution in [3.8, 4) is 0 Å². The van der Waals surface area contributed by atoms with Crippen molar-refractivity contribution in [2.45, 2.75) is 13.5 Å². The van der Waals surface area contributed by atoms with E-state index in [1.807, 2.05) is 29.8 Å². The topological polar surface area (TPSA) is 37.5 Å². The number of rotatable bonds is 1. The lowest BCUT2D eigenvalue weighted by Crippen LogP contribution is -1.89. The van der Waals surface area contributed by atoms with Crippen LogP contribution in [0.3, 0.4) is 0 Å². The molecule has 2 heterocycles. The highest BCUT2D eigenvalue weighted by Crippen LogP contribution is 2.18. The van der Waals surface area contributed by atoms with Crippen LogP contribution in [-0.4, -0.2) is 14.5 Å². The quantitative estimate of drug-likeness (QED) is 0.755. The Morgan fingerprint density at radius 2 is 2.31 bits per heavy atom. The molecule has 3 nitrogen and oxygen atoms in total. The van der Waals surface area contributed by atoms with Gasteiger partial charge in [0.1, 0.15) is 0 Å². The summed E-state index contributed by atoms with van der Waals surface area (Å²) in [4.78, 5) is 4.11. The molecule has 2 aromatic rings. The second kappa shape index (κ2) is 3.01. The average Bonchev–Trinajstić information content (AvgIpc) is 2.47. The van der Waals surface area contributed by atoms with Gasteiger partial charge < -0.3 is 9.51 Å². The predicted octanol–water partition coefficient (Wildman–Crippen LogP) is 1.79. The van der Waals surface area contributed by atoms with Crippen molar-refractivity contribution in [3.63, 3.8) is 0 Å². The van der Waals surface area contributed by atoms with Crippen LogP contribution in [0, 0.1) is 6.92 Å². The van der Waals surface area contributed by atoms with Crippen molar-refractivity contribution in [1.29, 1.82) is 0 Å². The van der Waals surface area contributed by atoms with E-state index in [4.69, 9.17) is 16.7 Å². The number of nitrogens with zero attached hydrogens (tertiary/aromatic N) is 2. The van der Waals surface area contributed by atoms with Crippen molar-refractivity contribution in [2.75, 3.05) is 0 Å². The number of halogens is 1. The number of aliphatic hydroxyl groups excluding tert-OH is 1. The molecule has 0 saturated carbocycles. The second-order valence-corrected chi connectivity index (χ2v) is 3.33. The third-order valence-electron chi connectivity index (χ3n) is 1.90. The average molecular weight is 197 g/mol. The van der Waals surface area contributed by atoms with Crippen LogP contribution in [0.4, 0.5) is 0 Å². The van der Waals surface area contributed by atoms with Crippen LogP contribution < -0.4 is 0 Å². The maximum absolute atomic E-state index is 8.92. The molecule has 2 rings (SSSR count). The maximum Gasteiger partial charge on any atom is 0.153 e. The molecule has 0 bridgehead atoms. The van der Waals surface area contributed by atoms with Crippen molar-refractivity contribution in [3.05, 3.63) is 34.9 Å². The van der Waals surface area contributed by atoms with Gasteiger partial charge in [-0.25, -0.2) is 4.98 Å². The standard InChI is InChI=1S/C9H9ClN2O/c1-6-3-12-4-7(5-13)2-8(12)9(10)11-6/h2-4,13H,5H2,1H3. The Kier molecular flexibility index (Phi) is 1.98. The van der Waals surface area contributed by atoms with E-state index >= 15 is 0 Å². The molecule has 1 N–H and O–H groups in total. The highest BCUT2D eigenvalue weighted by atomic mass is 35.5. The Morgan fingerprint density at radius 1 is 1.54 bits per heavy atom. The summed E-state index contributed by atoms with van der Waals surface area (Å²) in [6.45, 7) is 1.90. The monoisotopic (exact) mass is 196 g/mol. The summed E-state index contributed by atoms with van der Waals surface area (Å²) in [5.41, 5.74) is 2.53. The fourth-order valence-electron chi connectivity index (χ4n) is 1.34. The first-order valence-corrected chi connectivity index (χ1v) is 4.33. The van der Waals surface area contributed by atoms with Crippen LogP contribution >= 0.6 is 11.6 Å². The Morgan fingerprint density at radius 3 is 3.00 bits per heavy atom. The Labute approximate surface area is 80.6 Å². The van der Waals surface area contributed by atoms with Gasteiger partial charge in [0.2, 0.25) is 0 Å². The molecule has 0 aliphatic carbocycles. The molecule has 0 aromatic carbocycles. The summed E-state index contributed by atoms with van der Waals surface area (Å²) < 4.78 is 1.87. The summed E-state index contributed by atoms with van der Waals surface area (Å²) in [5.74, 6) is 0. The lowest BCUT2D eigenvalue weighted by atomic mass is 10.3. The number of fused-ring (bicyclic) bond motifs is 1. The summed E-state index contributed by atoms with van der Waals surface area (Å²) >= 11 is 5.92. The van der Waals surface area contributed by atoms with Crippen molar-refractivity contribution in [1.82, 2.24) is 9.38 Å². The van der Waals surface area contributed by atoms with E-state index in [1.54, 1.807) is 0 Å². The first-order chi connectivity index (χ1) is 6.20. The van der Waals surface area contributed by atoms with Gasteiger partial charge in [-0.3, -0.25) is 0 Å². The van der Waals surface area contributed by atoms with E-state index in [-0.39, 0.29) is 6.61 Å². The molecule has 13 heavy (non-hydrogen) atoms. The molecular weight excluding hydrogens is 188 g/mol. The molecule has 0 unspecified atom stereocenters. The fraction of sp³-hybridized carbons (Fsp3) is 0.222. The molecule has 0 aliphatic rings. The number of hydrogen-bond acceptors (Lipinski definition) is 2. The summed E-state index contributed by atoms with van der Waals surface area (Å²) in [6, 6.07) is 1.83. The first kappa shape index (κ1) is 8.53. The van der Waals surface area contributed by atoms with Crippen molar-refractivity contribution < 1.29 is 5.11 Å². The predicted molar refractivity (Wildman–Crippen MR) is 50.9 cm³/mol. The van der Waals surface area contributed by atoms with Crippen LogP contribution in [0.15, 0.2) is 18.5 Å². The van der Waals surface area contributed by atoms with Gasteiger partial charge in [0.15, 0.2) is 5.15 Å². The van der Waals surface area contributed by atoms with E-state index < -0.39 is 0 Å². The Balaban J connectivity index is 2.75. The lowest BCUT2D eigenvalue weighted by Gasteiger charge is -1.97. The third-order valence-corrected chi connectivity index (χ3v) is 2.18. The minimum absolute atomic E-state index is 0.0249. The summed E-state index contributed by atoms with van der Waals surface area (Å²) in [6.07, 6.45) is 3.72. The molecule has 68 valence electrons. The van der Waals surface area contributed by atoms with E-state index in [2.05, 4.69) is 4.98 Å². The molecule has 0 radical (unpaired) electrons. The molecule has 2 aromatic heterocycles. The van der Waals surface area contributed by atoms with Crippen LogP contribution in [0.1, 0.15) is 11.3 Å². The van der Waals surface area contributed by atoms with Gasteiger partial charge >= 0.3 is 0 Å². The van der Waals surface area contributed by atoms with E-state index in [9.17, 15) is 0 Å². The molecule has 0 amide bonds. The van der Waals surface area contributed by atoms with Gasteiger partial charge in [-0.1, -0.05) is 11.6 Å². The smallest absolute Gasteiger partial charge is 0.153 e. The van der Waals surface area contributed by atoms with Gasteiger partial charge in [-0.2, -0.15) is 0 Å². The van der Waals surface area contributed by atoms with Gasteiger partial charge in [0.05, 0.1) is 17.8 Å². The van der Waals surface area contributed by atoms with Crippen LogP contribution in [-0.2, 0) is 6.61 Å². The van der Waals surface area contributed by atoms with Crippen LogP contribution in [0.2, 0.25) is 5.15 Å². The first-order valence-electron chi connectivity index (χ1n) is 3.95. The molecular formula is C9H9ClN2O. The highest BCUT2D eigenvalue weighted by Gasteiger charge is 2.04. The minimum Gasteiger partial charge on any atom is -0.392 e. The van der Waals surface area contributed by atoms with Gasteiger partial charge in [0.25, 0.3) is 0 Å². The zero-order valence-electron chi connectivity index (χ0n) is 7.16. The number of aromatic nitrogens is 2. The van der Waals surface area contributed by atoms with Crippen LogP contribution in [0.25, 0.3) is 5.52 Å². The Hall–Kier alpha value is -1.06. The van der Waals surface area contributed by atoms with Gasteiger partial charge in [0, 0.05) is 12.4 Å². The zero-order valence-corrected chi connectivity index (χ0v) is 7.91. The number of aryl methyl sites for hydroxylation is 1. The van der Waals surface area contributed by atoms with E-state index in [0.29, 0.717) is 5.15 Å². The lowest BCUT2D eigenvalue weighted by molar-refractivity contribution is 0.282. The minimum atomic E-state index is 0.0249. The second-order valence-electron chi connectivity index (χ2n) is 2.97. The fourth-order valence-corrected chi connectivity index (χ4v) is 1.62. The molecule has 0 fully saturated rings. The molecule has 0 saturated heterocycles. The van der Waals surface area contributed by atoms with E-state index in [1.165, 1.54) is 0 Å². The van der Waals surface area contributed by atoms with Gasteiger partial charge in [-0.05, 0) is 18.6 Å². The molecule has 0 spiro atoms. The Bertz CT molecular complexity index is 450. The zero-order chi connectivity index (χ0) is 9.42. The summed E-state index contributed by atoms with van der Waals surface area (Å²) in [7, 11) is 0. The normalized spacial score (nSPS) is 11.0. The van der Waals surface area contributed by atoms with Crippen molar-refractivity contribution >= 4 is 17.1 Å². The van der Waals surface area contributed by atoms with Crippen molar-refractivity contribution in [2.24, 2.45) is 0 Å².